The van der Waals surface area contributed by atoms with Gasteiger partial charge in [0.2, 0.25) is 5.91 Å². The molecule has 118 valence electrons. The Balaban J connectivity index is 2.04. The number of para-hydroxylation sites is 2. The van der Waals surface area contributed by atoms with Crippen molar-refractivity contribution in [1.82, 2.24) is 0 Å². The Morgan fingerprint density at radius 1 is 0.913 bits per heavy atom. The van der Waals surface area contributed by atoms with Crippen LogP contribution >= 0.6 is 0 Å². The summed E-state index contributed by atoms with van der Waals surface area (Å²) in [7, 11) is 0. The maximum Gasteiger partial charge on any atom is 0.250 e. The SMILES string of the molecule is CC(=O)c1ccccc1NC(=O)CNc1ccccc1C(N)=O. The van der Waals surface area contributed by atoms with Crippen LogP contribution in [0.4, 0.5) is 11.4 Å². The molecule has 0 radical (unpaired) electrons. The molecule has 2 rings (SSSR count). The summed E-state index contributed by atoms with van der Waals surface area (Å²) in [6.07, 6.45) is 0. The number of Topliss-reactive ketones (excluding diaryl/α,β-unsaturated/α-hetero) is 1. The summed E-state index contributed by atoms with van der Waals surface area (Å²) in [5.74, 6) is -1.04. The van der Waals surface area contributed by atoms with E-state index in [1.165, 1.54) is 6.92 Å². The van der Waals surface area contributed by atoms with E-state index in [1.54, 1.807) is 48.5 Å². The molecule has 6 nitrogen and oxygen atoms in total. The molecule has 0 aliphatic carbocycles. The van der Waals surface area contributed by atoms with Crippen LogP contribution in [0, 0.1) is 0 Å². The predicted molar refractivity (Wildman–Crippen MR) is 88.5 cm³/mol. The number of benzene rings is 2. The molecule has 0 saturated heterocycles. The minimum Gasteiger partial charge on any atom is -0.376 e. The van der Waals surface area contributed by atoms with Crippen LogP contribution in [0.5, 0.6) is 0 Å². The van der Waals surface area contributed by atoms with Crippen molar-refractivity contribution in [2.45, 2.75) is 6.92 Å². The predicted octanol–water partition coefficient (Wildman–Crippen LogP) is 2.04. The molecule has 0 aliphatic heterocycles. The van der Waals surface area contributed by atoms with Crippen LogP contribution in [0.15, 0.2) is 48.5 Å². The molecule has 2 amide bonds. The van der Waals surface area contributed by atoms with E-state index < -0.39 is 5.91 Å². The fraction of sp³-hybridized carbons (Fsp3) is 0.118. The number of hydrogen-bond donors (Lipinski definition) is 3. The summed E-state index contributed by atoms with van der Waals surface area (Å²) in [4.78, 5) is 34.9. The Hall–Kier alpha value is -3.15. The van der Waals surface area contributed by atoms with E-state index in [4.69, 9.17) is 5.73 Å². The zero-order valence-corrected chi connectivity index (χ0v) is 12.6. The molecule has 0 unspecified atom stereocenters. The lowest BCUT2D eigenvalue weighted by atomic mass is 10.1. The standard InChI is InChI=1S/C17H17N3O3/c1-11(21)12-6-2-5-9-15(12)20-16(22)10-19-14-8-4-3-7-13(14)17(18)23/h2-9,19H,10H2,1H3,(H2,18,23)(H,20,22). The zero-order chi connectivity index (χ0) is 16.8. The first kappa shape index (κ1) is 16.2. The highest BCUT2D eigenvalue weighted by Gasteiger charge is 2.11. The molecule has 0 fully saturated rings. The lowest BCUT2D eigenvalue weighted by Gasteiger charge is -2.12. The molecule has 0 spiro atoms. The third-order valence-electron chi connectivity index (χ3n) is 3.21. The van der Waals surface area contributed by atoms with Crippen molar-refractivity contribution in [3.05, 3.63) is 59.7 Å². The van der Waals surface area contributed by atoms with Crippen LogP contribution < -0.4 is 16.4 Å². The fourth-order valence-electron chi connectivity index (χ4n) is 2.12. The molecular weight excluding hydrogens is 294 g/mol. The van der Waals surface area contributed by atoms with Gasteiger partial charge in [0.25, 0.3) is 5.91 Å². The highest BCUT2D eigenvalue weighted by atomic mass is 16.2. The molecule has 0 atom stereocenters. The van der Waals surface area contributed by atoms with Crippen LogP contribution in [-0.4, -0.2) is 24.1 Å². The van der Waals surface area contributed by atoms with Crippen LogP contribution in [-0.2, 0) is 4.79 Å². The zero-order valence-electron chi connectivity index (χ0n) is 12.6. The van der Waals surface area contributed by atoms with E-state index in [0.717, 1.165) is 0 Å². The maximum atomic E-state index is 12.0. The van der Waals surface area contributed by atoms with E-state index in [0.29, 0.717) is 22.5 Å². The number of nitrogens with two attached hydrogens (primary N) is 1. The highest BCUT2D eigenvalue weighted by molar-refractivity contribution is 6.05. The van der Waals surface area contributed by atoms with E-state index in [-0.39, 0.29) is 18.2 Å². The molecule has 0 bridgehead atoms. The molecule has 6 heteroatoms. The summed E-state index contributed by atoms with van der Waals surface area (Å²) in [6.45, 7) is 1.38. The number of primary amides is 1. The van der Waals surface area contributed by atoms with Crippen molar-refractivity contribution in [2.24, 2.45) is 5.73 Å². The molecule has 0 heterocycles. The number of anilines is 2. The number of carbonyl (C=O) groups excluding carboxylic acids is 3. The van der Waals surface area contributed by atoms with Gasteiger partial charge in [-0.2, -0.15) is 0 Å². The average Bonchev–Trinajstić information content (AvgIpc) is 2.53. The number of carbonyl (C=O) groups is 3. The fourth-order valence-corrected chi connectivity index (χ4v) is 2.12. The van der Waals surface area contributed by atoms with Gasteiger partial charge in [-0.25, -0.2) is 0 Å². The van der Waals surface area contributed by atoms with E-state index in [1.807, 2.05) is 0 Å². The molecule has 2 aromatic rings. The Bertz CT molecular complexity index is 756. The monoisotopic (exact) mass is 311 g/mol. The van der Waals surface area contributed by atoms with E-state index in [9.17, 15) is 14.4 Å². The van der Waals surface area contributed by atoms with Gasteiger partial charge in [0.15, 0.2) is 5.78 Å². The van der Waals surface area contributed by atoms with Gasteiger partial charge in [0.05, 0.1) is 17.8 Å². The molecule has 4 N–H and O–H groups in total. The first-order valence-electron chi connectivity index (χ1n) is 7.01. The summed E-state index contributed by atoms with van der Waals surface area (Å²) in [5, 5.41) is 5.54. The molecule has 0 aromatic heterocycles. The molecule has 0 aliphatic rings. The lowest BCUT2D eigenvalue weighted by Crippen LogP contribution is -2.24. The van der Waals surface area contributed by atoms with Crippen LogP contribution in [0.1, 0.15) is 27.6 Å². The third kappa shape index (κ3) is 4.16. The first-order chi connectivity index (χ1) is 11.0. The Labute approximate surface area is 133 Å². The number of nitrogens with one attached hydrogen (secondary N) is 2. The molecular formula is C17H17N3O3. The van der Waals surface area contributed by atoms with Crippen molar-refractivity contribution >= 4 is 29.0 Å². The Morgan fingerprint density at radius 3 is 2.09 bits per heavy atom. The third-order valence-corrected chi connectivity index (χ3v) is 3.21. The minimum absolute atomic E-state index is 0.0590. The molecule has 0 saturated carbocycles. The topological polar surface area (TPSA) is 101 Å². The number of hydrogen-bond acceptors (Lipinski definition) is 4. The smallest absolute Gasteiger partial charge is 0.250 e. The minimum atomic E-state index is -0.574. The van der Waals surface area contributed by atoms with Crippen molar-refractivity contribution in [3.63, 3.8) is 0 Å². The van der Waals surface area contributed by atoms with Gasteiger partial charge in [0, 0.05) is 11.3 Å². The van der Waals surface area contributed by atoms with Gasteiger partial charge in [-0.1, -0.05) is 24.3 Å². The van der Waals surface area contributed by atoms with Gasteiger partial charge in [0.1, 0.15) is 0 Å². The van der Waals surface area contributed by atoms with Gasteiger partial charge in [-0.15, -0.1) is 0 Å². The van der Waals surface area contributed by atoms with E-state index in [2.05, 4.69) is 10.6 Å². The second-order valence-corrected chi connectivity index (χ2v) is 4.91. The van der Waals surface area contributed by atoms with Crippen LogP contribution in [0.2, 0.25) is 0 Å². The summed E-state index contributed by atoms with van der Waals surface area (Å²) >= 11 is 0. The van der Waals surface area contributed by atoms with Crippen molar-refractivity contribution in [1.29, 1.82) is 0 Å². The van der Waals surface area contributed by atoms with Gasteiger partial charge in [-0.05, 0) is 31.2 Å². The summed E-state index contributed by atoms with van der Waals surface area (Å²) in [5.41, 5.74) is 6.97. The second kappa shape index (κ2) is 7.22. The van der Waals surface area contributed by atoms with Gasteiger partial charge >= 0.3 is 0 Å². The highest BCUT2D eigenvalue weighted by Crippen LogP contribution is 2.16. The average molecular weight is 311 g/mol. The van der Waals surface area contributed by atoms with Crippen LogP contribution in [0.3, 0.4) is 0 Å². The summed E-state index contributed by atoms with van der Waals surface area (Å²) in [6, 6.07) is 13.4. The number of amides is 2. The molecule has 2 aromatic carbocycles. The summed E-state index contributed by atoms with van der Waals surface area (Å²) < 4.78 is 0. The Morgan fingerprint density at radius 2 is 1.48 bits per heavy atom. The lowest BCUT2D eigenvalue weighted by molar-refractivity contribution is -0.114. The van der Waals surface area contributed by atoms with Crippen molar-refractivity contribution < 1.29 is 14.4 Å². The largest absolute Gasteiger partial charge is 0.376 e. The second-order valence-electron chi connectivity index (χ2n) is 4.91. The first-order valence-corrected chi connectivity index (χ1v) is 7.01. The number of ketones is 1. The van der Waals surface area contributed by atoms with Crippen molar-refractivity contribution in [3.8, 4) is 0 Å². The molecule has 23 heavy (non-hydrogen) atoms. The normalized spacial score (nSPS) is 9.96. The van der Waals surface area contributed by atoms with Crippen molar-refractivity contribution in [2.75, 3.05) is 17.2 Å². The van der Waals surface area contributed by atoms with Gasteiger partial charge < -0.3 is 16.4 Å². The maximum absolute atomic E-state index is 12.0. The van der Waals surface area contributed by atoms with Gasteiger partial charge in [-0.3, -0.25) is 14.4 Å². The van der Waals surface area contributed by atoms with Crippen LogP contribution in [0.25, 0.3) is 0 Å². The Kier molecular flexibility index (Phi) is 5.09. The van der Waals surface area contributed by atoms with E-state index >= 15 is 0 Å². The quantitative estimate of drug-likeness (QED) is 0.710. The number of rotatable bonds is 6.